The van der Waals surface area contributed by atoms with Crippen LogP contribution < -0.4 is 10.6 Å². The van der Waals surface area contributed by atoms with Crippen LogP contribution in [0.15, 0.2) is 24.3 Å². The Hall–Kier alpha value is -1.62. The molecule has 0 bridgehead atoms. The molecule has 1 unspecified atom stereocenters. The Kier molecular flexibility index (Phi) is 7.15. The summed E-state index contributed by atoms with van der Waals surface area (Å²) >= 11 is 0. The largest absolute Gasteiger partial charge is 0.396 e. The monoisotopic (exact) mass is 296 g/mol. The first-order chi connectivity index (χ1) is 9.92. The van der Waals surface area contributed by atoms with Crippen LogP contribution in [0.2, 0.25) is 0 Å². The van der Waals surface area contributed by atoms with Crippen LogP contribution in [0, 0.1) is 11.7 Å². The number of carbonyl (C=O) groups excluding carboxylic acids is 1. The zero-order valence-electron chi connectivity index (χ0n) is 12.9. The van der Waals surface area contributed by atoms with Crippen molar-refractivity contribution in [3.63, 3.8) is 0 Å². The maximum atomic E-state index is 12.9. The summed E-state index contributed by atoms with van der Waals surface area (Å²) < 4.78 is 12.9. The summed E-state index contributed by atoms with van der Waals surface area (Å²) in [6, 6.07) is 5.98. The Morgan fingerprint density at radius 1 is 1.19 bits per heavy atom. The van der Waals surface area contributed by atoms with E-state index in [2.05, 4.69) is 10.6 Å². The van der Waals surface area contributed by atoms with Crippen LogP contribution in [0.4, 0.5) is 9.18 Å². The zero-order valence-corrected chi connectivity index (χ0v) is 12.9. The molecule has 2 atom stereocenters. The van der Waals surface area contributed by atoms with Crippen LogP contribution in [-0.2, 0) is 6.42 Å². The topological polar surface area (TPSA) is 61.4 Å². The number of carbonyl (C=O) groups is 1. The van der Waals surface area contributed by atoms with Gasteiger partial charge in [-0.1, -0.05) is 26.0 Å². The Bertz CT molecular complexity index is 434. The highest BCUT2D eigenvalue weighted by molar-refractivity contribution is 5.74. The van der Waals surface area contributed by atoms with E-state index < -0.39 is 0 Å². The molecular formula is C16H25FN2O2. The predicted octanol–water partition coefficient (Wildman–Crippen LogP) is 2.46. The number of amides is 2. The summed E-state index contributed by atoms with van der Waals surface area (Å²) in [6.07, 6.45) is 1.18. The third-order valence-electron chi connectivity index (χ3n) is 3.43. The van der Waals surface area contributed by atoms with Gasteiger partial charge in [0.25, 0.3) is 0 Å². The SMILES string of the molecule is CC(C)C(Cc1ccc(F)cc1)NC(=O)N[C@H](C)CCO. The molecule has 0 saturated carbocycles. The van der Waals surface area contributed by atoms with Crippen LogP contribution in [0.25, 0.3) is 0 Å². The summed E-state index contributed by atoms with van der Waals surface area (Å²) in [5.74, 6) is -0.00247. The summed E-state index contributed by atoms with van der Waals surface area (Å²) in [7, 11) is 0. The minimum atomic E-state index is -0.261. The molecule has 0 aliphatic rings. The van der Waals surface area contributed by atoms with Gasteiger partial charge >= 0.3 is 6.03 Å². The van der Waals surface area contributed by atoms with Crippen LogP contribution in [0.1, 0.15) is 32.8 Å². The second-order valence-electron chi connectivity index (χ2n) is 5.71. The van der Waals surface area contributed by atoms with E-state index in [1.54, 1.807) is 12.1 Å². The minimum absolute atomic E-state index is 0.0308. The van der Waals surface area contributed by atoms with Crippen LogP contribution in [0.3, 0.4) is 0 Å². The second-order valence-corrected chi connectivity index (χ2v) is 5.71. The van der Waals surface area contributed by atoms with E-state index in [1.807, 2.05) is 20.8 Å². The van der Waals surface area contributed by atoms with Crippen molar-refractivity contribution in [3.05, 3.63) is 35.6 Å². The Morgan fingerprint density at radius 2 is 1.81 bits per heavy atom. The molecular weight excluding hydrogens is 271 g/mol. The van der Waals surface area contributed by atoms with Gasteiger partial charge in [-0.3, -0.25) is 0 Å². The van der Waals surface area contributed by atoms with Gasteiger partial charge in [-0.2, -0.15) is 0 Å². The normalized spacial score (nSPS) is 13.8. The summed E-state index contributed by atoms with van der Waals surface area (Å²) in [4.78, 5) is 11.9. The number of rotatable bonds is 7. The van der Waals surface area contributed by atoms with Crippen molar-refractivity contribution >= 4 is 6.03 Å². The highest BCUT2D eigenvalue weighted by Gasteiger charge is 2.17. The average molecular weight is 296 g/mol. The molecule has 1 rings (SSSR count). The van der Waals surface area contributed by atoms with Gasteiger partial charge in [-0.25, -0.2) is 9.18 Å². The molecule has 0 aliphatic carbocycles. The Morgan fingerprint density at radius 3 is 2.33 bits per heavy atom. The number of aliphatic hydroxyl groups excluding tert-OH is 1. The lowest BCUT2D eigenvalue weighted by atomic mass is 9.96. The van der Waals surface area contributed by atoms with E-state index in [-0.39, 0.29) is 36.5 Å². The number of benzene rings is 1. The molecule has 3 N–H and O–H groups in total. The molecule has 118 valence electrons. The van der Waals surface area contributed by atoms with Gasteiger partial charge in [0.1, 0.15) is 5.82 Å². The summed E-state index contributed by atoms with van der Waals surface area (Å²) in [6.45, 7) is 5.96. The standard InChI is InChI=1S/C16H25FN2O2/c1-11(2)15(10-13-4-6-14(17)7-5-13)19-16(21)18-12(3)8-9-20/h4-7,11-12,15,20H,8-10H2,1-3H3,(H2,18,19,21)/t12-,15?/m1/s1. The quantitative estimate of drug-likeness (QED) is 0.724. The van der Waals surface area contributed by atoms with Gasteiger partial charge in [0, 0.05) is 18.7 Å². The molecule has 0 aliphatic heterocycles. The highest BCUT2D eigenvalue weighted by atomic mass is 19.1. The fourth-order valence-corrected chi connectivity index (χ4v) is 2.03. The lowest BCUT2D eigenvalue weighted by Crippen LogP contribution is -2.48. The van der Waals surface area contributed by atoms with Gasteiger partial charge in [0.2, 0.25) is 0 Å². The van der Waals surface area contributed by atoms with E-state index in [0.717, 1.165) is 5.56 Å². The molecule has 0 heterocycles. The van der Waals surface area contributed by atoms with Crippen LogP contribution in [0.5, 0.6) is 0 Å². The first-order valence-electron chi connectivity index (χ1n) is 7.34. The lowest BCUT2D eigenvalue weighted by molar-refractivity contribution is 0.224. The Labute approximate surface area is 125 Å². The molecule has 1 aromatic carbocycles. The highest BCUT2D eigenvalue weighted by Crippen LogP contribution is 2.11. The molecule has 1 aromatic rings. The van der Waals surface area contributed by atoms with Crippen LogP contribution in [-0.4, -0.2) is 29.8 Å². The fraction of sp³-hybridized carbons (Fsp3) is 0.562. The van der Waals surface area contributed by atoms with Gasteiger partial charge in [-0.05, 0) is 43.4 Å². The third kappa shape index (κ3) is 6.58. The average Bonchev–Trinajstić information content (AvgIpc) is 2.40. The van der Waals surface area contributed by atoms with Gasteiger partial charge in [-0.15, -0.1) is 0 Å². The first kappa shape index (κ1) is 17.4. The molecule has 0 radical (unpaired) electrons. The molecule has 4 nitrogen and oxygen atoms in total. The van der Waals surface area contributed by atoms with E-state index in [9.17, 15) is 9.18 Å². The number of aliphatic hydroxyl groups is 1. The third-order valence-corrected chi connectivity index (χ3v) is 3.43. The molecule has 0 saturated heterocycles. The van der Waals surface area contributed by atoms with Crippen molar-refractivity contribution in [3.8, 4) is 0 Å². The van der Waals surface area contributed by atoms with Crippen molar-refractivity contribution < 1.29 is 14.3 Å². The molecule has 2 amide bonds. The number of urea groups is 1. The molecule has 0 fully saturated rings. The lowest BCUT2D eigenvalue weighted by Gasteiger charge is -2.24. The number of hydrogen-bond donors (Lipinski definition) is 3. The Balaban J connectivity index is 2.57. The fourth-order valence-electron chi connectivity index (χ4n) is 2.03. The number of halogens is 1. The maximum Gasteiger partial charge on any atom is 0.315 e. The van der Waals surface area contributed by atoms with E-state index in [1.165, 1.54) is 12.1 Å². The summed E-state index contributed by atoms with van der Waals surface area (Å²) in [5, 5.41) is 14.6. The van der Waals surface area contributed by atoms with Crippen molar-refractivity contribution in [2.45, 2.75) is 45.7 Å². The van der Waals surface area contributed by atoms with Crippen LogP contribution >= 0.6 is 0 Å². The van der Waals surface area contributed by atoms with E-state index in [0.29, 0.717) is 12.8 Å². The summed E-state index contributed by atoms with van der Waals surface area (Å²) in [5.41, 5.74) is 0.985. The predicted molar refractivity (Wildman–Crippen MR) is 81.6 cm³/mol. The van der Waals surface area contributed by atoms with Crippen molar-refractivity contribution in [1.82, 2.24) is 10.6 Å². The zero-order chi connectivity index (χ0) is 15.8. The van der Waals surface area contributed by atoms with E-state index in [4.69, 9.17) is 5.11 Å². The number of hydrogen-bond acceptors (Lipinski definition) is 2. The minimum Gasteiger partial charge on any atom is -0.396 e. The molecule has 0 spiro atoms. The first-order valence-corrected chi connectivity index (χ1v) is 7.34. The number of nitrogens with one attached hydrogen (secondary N) is 2. The molecule has 5 heteroatoms. The van der Waals surface area contributed by atoms with Crippen molar-refractivity contribution in [2.75, 3.05) is 6.61 Å². The van der Waals surface area contributed by atoms with E-state index >= 15 is 0 Å². The molecule has 21 heavy (non-hydrogen) atoms. The van der Waals surface area contributed by atoms with Gasteiger partial charge in [0.05, 0.1) is 0 Å². The van der Waals surface area contributed by atoms with Crippen molar-refractivity contribution in [2.24, 2.45) is 5.92 Å². The smallest absolute Gasteiger partial charge is 0.315 e. The molecule has 0 aromatic heterocycles. The van der Waals surface area contributed by atoms with Gasteiger partial charge in [0.15, 0.2) is 0 Å². The second kappa shape index (κ2) is 8.62. The van der Waals surface area contributed by atoms with Gasteiger partial charge < -0.3 is 15.7 Å². The maximum absolute atomic E-state index is 12.9. The van der Waals surface area contributed by atoms with Crippen molar-refractivity contribution in [1.29, 1.82) is 0 Å².